The number of nitrogens with one attached hydrogen (secondary N) is 1. The highest BCUT2D eigenvalue weighted by molar-refractivity contribution is 7.17. The van der Waals surface area contributed by atoms with Gasteiger partial charge in [0.15, 0.2) is 5.82 Å². The fraction of sp³-hybridized carbons (Fsp3) is 0.467. The zero-order valence-electron chi connectivity index (χ0n) is 12.8. The topological polar surface area (TPSA) is 87.9 Å². The van der Waals surface area contributed by atoms with Gasteiger partial charge in [-0.3, -0.25) is 9.69 Å². The van der Waals surface area contributed by atoms with Crippen LogP contribution in [0.4, 0.5) is 0 Å². The smallest absolute Gasteiger partial charge is 0.268 e. The van der Waals surface area contributed by atoms with Crippen LogP contribution in [0.2, 0.25) is 0 Å². The second-order valence-corrected chi connectivity index (χ2v) is 6.59. The number of thiophene rings is 1. The third kappa shape index (κ3) is 2.68. The SMILES string of the molecule is CCc1nc([C@H]2CCCN2Cc2nc3ccsc3c(=O)[nH]2)no1. The van der Waals surface area contributed by atoms with Gasteiger partial charge in [0, 0.05) is 6.42 Å². The number of hydrogen-bond donors (Lipinski definition) is 1. The Hall–Kier alpha value is -2.06. The quantitative estimate of drug-likeness (QED) is 0.789. The molecule has 0 spiro atoms. The molecule has 0 bridgehead atoms. The van der Waals surface area contributed by atoms with Gasteiger partial charge in [-0.2, -0.15) is 4.98 Å². The predicted molar refractivity (Wildman–Crippen MR) is 86.3 cm³/mol. The molecule has 23 heavy (non-hydrogen) atoms. The second-order valence-electron chi connectivity index (χ2n) is 5.68. The van der Waals surface area contributed by atoms with Gasteiger partial charge in [-0.05, 0) is 30.8 Å². The Morgan fingerprint density at radius 2 is 2.39 bits per heavy atom. The molecule has 1 aliphatic rings. The molecule has 7 nitrogen and oxygen atoms in total. The number of fused-ring (bicyclic) bond motifs is 1. The Kier molecular flexibility index (Phi) is 3.70. The van der Waals surface area contributed by atoms with E-state index in [4.69, 9.17) is 4.52 Å². The van der Waals surface area contributed by atoms with Crippen LogP contribution in [0.3, 0.4) is 0 Å². The first kappa shape index (κ1) is 14.5. The Morgan fingerprint density at radius 1 is 1.48 bits per heavy atom. The number of aryl methyl sites for hydroxylation is 1. The predicted octanol–water partition coefficient (Wildman–Crippen LogP) is 2.27. The largest absolute Gasteiger partial charge is 0.339 e. The Balaban J connectivity index is 1.59. The molecule has 0 aromatic carbocycles. The van der Waals surface area contributed by atoms with Crippen LogP contribution in [-0.4, -0.2) is 31.6 Å². The summed E-state index contributed by atoms with van der Waals surface area (Å²) in [6.45, 7) is 3.52. The molecule has 120 valence electrons. The molecule has 0 radical (unpaired) electrons. The average molecular weight is 331 g/mol. The number of H-pyrrole nitrogens is 1. The summed E-state index contributed by atoms with van der Waals surface area (Å²) in [5.41, 5.74) is 0.695. The maximum atomic E-state index is 12.1. The molecule has 1 atom stereocenters. The summed E-state index contributed by atoms with van der Waals surface area (Å²) in [5.74, 6) is 2.09. The van der Waals surface area contributed by atoms with Gasteiger partial charge in [-0.1, -0.05) is 12.1 Å². The zero-order valence-corrected chi connectivity index (χ0v) is 13.6. The minimum atomic E-state index is -0.0661. The second kappa shape index (κ2) is 5.86. The first-order chi connectivity index (χ1) is 11.2. The van der Waals surface area contributed by atoms with Crippen LogP contribution in [0.1, 0.15) is 43.3 Å². The molecule has 8 heteroatoms. The molecule has 0 amide bonds. The van der Waals surface area contributed by atoms with Crippen molar-refractivity contribution in [3.63, 3.8) is 0 Å². The molecule has 4 heterocycles. The van der Waals surface area contributed by atoms with Crippen molar-refractivity contribution in [2.75, 3.05) is 6.54 Å². The van der Waals surface area contributed by atoms with E-state index in [9.17, 15) is 4.79 Å². The van der Waals surface area contributed by atoms with E-state index in [0.29, 0.717) is 23.0 Å². The molecule has 0 unspecified atom stereocenters. The van der Waals surface area contributed by atoms with Crippen molar-refractivity contribution in [2.45, 2.75) is 38.8 Å². The van der Waals surface area contributed by atoms with E-state index in [2.05, 4.69) is 25.0 Å². The van der Waals surface area contributed by atoms with Crippen LogP contribution in [0.5, 0.6) is 0 Å². The summed E-state index contributed by atoms with van der Waals surface area (Å²) >= 11 is 1.42. The molecule has 1 fully saturated rings. The van der Waals surface area contributed by atoms with Gasteiger partial charge in [-0.15, -0.1) is 11.3 Å². The monoisotopic (exact) mass is 331 g/mol. The molecule has 0 saturated carbocycles. The maximum Gasteiger partial charge on any atom is 0.268 e. The Bertz CT molecular complexity index is 883. The summed E-state index contributed by atoms with van der Waals surface area (Å²) in [4.78, 5) is 26.2. The summed E-state index contributed by atoms with van der Waals surface area (Å²) in [7, 11) is 0. The lowest BCUT2D eigenvalue weighted by Gasteiger charge is -2.20. The van der Waals surface area contributed by atoms with Crippen molar-refractivity contribution < 1.29 is 4.52 Å². The normalized spacial score (nSPS) is 18.9. The highest BCUT2D eigenvalue weighted by Gasteiger charge is 2.30. The summed E-state index contributed by atoms with van der Waals surface area (Å²) in [5, 5.41) is 5.99. The van der Waals surface area contributed by atoms with Crippen LogP contribution in [0, 0.1) is 0 Å². The van der Waals surface area contributed by atoms with Crippen LogP contribution in [0.15, 0.2) is 20.8 Å². The molecular formula is C15H17N5O2S. The van der Waals surface area contributed by atoms with Crippen molar-refractivity contribution >= 4 is 21.6 Å². The first-order valence-corrected chi connectivity index (χ1v) is 8.65. The molecule has 0 aliphatic carbocycles. The molecular weight excluding hydrogens is 314 g/mol. The highest BCUT2D eigenvalue weighted by Crippen LogP contribution is 2.31. The third-order valence-corrected chi connectivity index (χ3v) is 5.07. The summed E-state index contributed by atoms with van der Waals surface area (Å²) in [6.07, 6.45) is 2.81. The summed E-state index contributed by atoms with van der Waals surface area (Å²) in [6, 6.07) is 2.01. The van der Waals surface area contributed by atoms with Gasteiger partial charge < -0.3 is 9.51 Å². The van der Waals surface area contributed by atoms with Gasteiger partial charge in [0.1, 0.15) is 10.5 Å². The molecule has 1 aliphatic heterocycles. The zero-order chi connectivity index (χ0) is 15.8. The third-order valence-electron chi connectivity index (χ3n) is 4.16. The number of aromatic amines is 1. The Morgan fingerprint density at radius 3 is 3.22 bits per heavy atom. The van der Waals surface area contributed by atoms with E-state index < -0.39 is 0 Å². The number of nitrogens with zero attached hydrogens (tertiary/aromatic N) is 4. The van der Waals surface area contributed by atoms with Crippen LogP contribution < -0.4 is 5.56 Å². The highest BCUT2D eigenvalue weighted by atomic mass is 32.1. The molecule has 3 aromatic rings. The fourth-order valence-corrected chi connectivity index (χ4v) is 3.77. The van der Waals surface area contributed by atoms with Crippen molar-refractivity contribution in [1.29, 1.82) is 0 Å². The van der Waals surface area contributed by atoms with Gasteiger partial charge in [0.05, 0.1) is 18.1 Å². The standard InChI is InChI=1S/C15H17N5O2S/c1-2-12-18-14(19-22-12)10-4-3-6-20(10)8-11-16-9-5-7-23-13(9)15(21)17-11/h5,7,10H,2-4,6,8H2,1H3,(H,16,17,21)/t10-/m1/s1. The first-order valence-electron chi connectivity index (χ1n) is 7.77. The van der Waals surface area contributed by atoms with Crippen molar-refractivity contribution in [1.82, 2.24) is 25.0 Å². The fourth-order valence-electron chi connectivity index (χ4n) is 3.04. The van der Waals surface area contributed by atoms with E-state index in [1.807, 2.05) is 18.4 Å². The minimum Gasteiger partial charge on any atom is -0.339 e. The van der Waals surface area contributed by atoms with Gasteiger partial charge in [-0.25, -0.2) is 4.98 Å². The molecule has 1 saturated heterocycles. The maximum absolute atomic E-state index is 12.1. The van der Waals surface area contributed by atoms with Gasteiger partial charge in [0.25, 0.3) is 5.56 Å². The Labute approximate surface area is 136 Å². The van der Waals surface area contributed by atoms with Gasteiger partial charge in [0.2, 0.25) is 5.89 Å². The van der Waals surface area contributed by atoms with Crippen LogP contribution >= 0.6 is 11.3 Å². The molecule has 4 rings (SSSR count). The van der Waals surface area contributed by atoms with Crippen molar-refractivity contribution in [2.24, 2.45) is 0 Å². The average Bonchev–Trinajstić information content (AvgIpc) is 3.26. The molecule has 3 aromatic heterocycles. The van der Waals surface area contributed by atoms with Crippen molar-refractivity contribution in [3.8, 4) is 0 Å². The van der Waals surface area contributed by atoms with Crippen LogP contribution in [0.25, 0.3) is 10.2 Å². The van der Waals surface area contributed by atoms with E-state index in [1.165, 1.54) is 11.3 Å². The van der Waals surface area contributed by atoms with Crippen LogP contribution in [-0.2, 0) is 13.0 Å². The van der Waals surface area contributed by atoms with E-state index in [0.717, 1.165) is 37.1 Å². The summed E-state index contributed by atoms with van der Waals surface area (Å²) < 4.78 is 5.91. The van der Waals surface area contributed by atoms with E-state index >= 15 is 0 Å². The van der Waals surface area contributed by atoms with E-state index in [-0.39, 0.29) is 11.6 Å². The van der Waals surface area contributed by atoms with Crippen molar-refractivity contribution in [3.05, 3.63) is 39.3 Å². The number of hydrogen-bond acceptors (Lipinski definition) is 7. The van der Waals surface area contributed by atoms with Gasteiger partial charge >= 0.3 is 0 Å². The number of likely N-dealkylation sites (tertiary alicyclic amines) is 1. The lowest BCUT2D eigenvalue weighted by molar-refractivity contribution is 0.228. The lowest BCUT2D eigenvalue weighted by atomic mass is 10.2. The molecule has 1 N–H and O–H groups in total. The number of aromatic nitrogens is 4. The minimum absolute atomic E-state index is 0.0661. The lowest BCUT2D eigenvalue weighted by Crippen LogP contribution is -2.26. The van der Waals surface area contributed by atoms with E-state index in [1.54, 1.807) is 0 Å². The number of rotatable bonds is 4.